The number of aromatic nitrogens is 1. The number of aryl methyl sites for hydroxylation is 1. The molecule has 0 radical (unpaired) electrons. The molecule has 1 rings (SSSR count). The number of thiazole rings is 1. The van der Waals surface area contributed by atoms with Gasteiger partial charge in [-0.15, -0.1) is 11.3 Å². The highest BCUT2D eigenvalue weighted by atomic mass is 32.2. The van der Waals surface area contributed by atoms with E-state index in [1.54, 1.807) is 11.3 Å². The molecule has 0 amide bonds. The topological polar surface area (TPSA) is 85.1 Å². The summed E-state index contributed by atoms with van der Waals surface area (Å²) in [5, 5.41) is 10.9. The molecule has 0 saturated heterocycles. The number of nitrogens with two attached hydrogens (primary N) is 1. The molecule has 7 heteroatoms. The fourth-order valence-corrected chi connectivity index (χ4v) is 2.31. The van der Waals surface area contributed by atoms with Crippen molar-refractivity contribution in [2.75, 3.05) is 12.3 Å². The average Bonchev–Trinajstić information content (AvgIpc) is 2.49. The van der Waals surface area contributed by atoms with Crippen molar-refractivity contribution in [3.63, 3.8) is 0 Å². The number of nitrogens with zero attached hydrogens (tertiary/aromatic N) is 1. The van der Waals surface area contributed by atoms with Crippen LogP contribution in [0.15, 0.2) is 5.38 Å². The summed E-state index contributed by atoms with van der Waals surface area (Å²) in [5.74, 6) is -0.0539. The van der Waals surface area contributed by atoms with Gasteiger partial charge < -0.3 is 5.32 Å². The molecule has 0 fully saturated rings. The van der Waals surface area contributed by atoms with E-state index in [9.17, 15) is 8.42 Å². The second-order valence-corrected chi connectivity index (χ2v) is 5.99. The van der Waals surface area contributed by atoms with Crippen LogP contribution in [-0.2, 0) is 10.0 Å². The van der Waals surface area contributed by atoms with Crippen LogP contribution in [0.25, 0.3) is 0 Å². The lowest BCUT2D eigenvalue weighted by Gasteiger charge is -2.09. The van der Waals surface area contributed by atoms with Crippen molar-refractivity contribution >= 4 is 21.4 Å². The molecule has 86 valence electrons. The Balaban J connectivity index is 2.40. The van der Waals surface area contributed by atoms with Gasteiger partial charge in [0, 0.05) is 17.6 Å². The summed E-state index contributed by atoms with van der Waals surface area (Å²) in [7, 11) is -3.38. The molecule has 1 unspecified atom stereocenters. The molecule has 0 spiro atoms. The van der Waals surface area contributed by atoms with Gasteiger partial charge in [0.1, 0.15) is 5.01 Å². The number of primary sulfonamides is 1. The molecule has 5 nitrogen and oxygen atoms in total. The van der Waals surface area contributed by atoms with E-state index < -0.39 is 10.0 Å². The zero-order valence-electron chi connectivity index (χ0n) is 8.73. The van der Waals surface area contributed by atoms with E-state index in [1.807, 2.05) is 19.2 Å². The minimum Gasteiger partial charge on any atom is -0.307 e. The lowest BCUT2D eigenvalue weighted by atomic mass is 10.3. The number of rotatable bonds is 5. The predicted molar refractivity (Wildman–Crippen MR) is 61.2 cm³/mol. The molecular weight excluding hydrogens is 234 g/mol. The van der Waals surface area contributed by atoms with Gasteiger partial charge in [-0.25, -0.2) is 18.5 Å². The molecule has 3 N–H and O–H groups in total. The van der Waals surface area contributed by atoms with Crippen LogP contribution in [0.3, 0.4) is 0 Å². The first kappa shape index (κ1) is 12.6. The van der Waals surface area contributed by atoms with Gasteiger partial charge in [0.15, 0.2) is 0 Å². The molecule has 1 atom stereocenters. The Labute approximate surface area is 93.8 Å². The van der Waals surface area contributed by atoms with E-state index in [1.165, 1.54) is 0 Å². The largest absolute Gasteiger partial charge is 0.307 e. The van der Waals surface area contributed by atoms with E-state index in [2.05, 4.69) is 10.3 Å². The third kappa shape index (κ3) is 4.70. The summed E-state index contributed by atoms with van der Waals surface area (Å²) in [6, 6.07) is 0.0606. The Morgan fingerprint density at radius 2 is 2.33 bits per heavy atom. The molecule has 0 aromatic carbocycles. The minimum atomic E-state index is -3.38. The van der Waals surface area contributed by atoms with Gasteiger partial charge in [-0.2, -0.15) is 0 Å². The summed E-state index contributed by atoms with van der Waals surface area (Å²) in [4.78, 5) is 4.30. The van der Waals surface area contributed by atoms with Gasteiger partial charge in [0.25, 0.3) is 0 Å². The fourth-order valence-electron chi connectivity index (χ4n) is 1.08. The summed E-state index contributed by atoms with van der Waals surface area (Å²) in [6.45, 7) is 4.22. The van der Waals surface area contributed by atoms with Crippen molar-refractivity contribution in [1.82, 2.24) is 10.3 Å². The number of hydrogen-bond acceptors (Lipinski definition) is 5. The Morgan fingerprint density at radius 3 is 2.80 bits per heavy atom. The van der Waals surface area contributed by atoms with Crippen LogP contribution in [-0.4, -0.2) is 25.7 Å². The van der Waals surface area contributed by atoms with Crippen molar-refractivity contribution in [2.45, 2.75) is 19.9 Å². The minimum absolute atomic E-state index is 0.0539. The first-order chi connectivity index (χ1) is 6.88. The van der Waals surface area contributed by atoms with Gasteiger partial charge in [0.2, 0.25) is 10.0 Å². The number of nitrogens with one attached hydrogen (secondary N) is 1. The monoisotopic (exact) mass is 249 g/mol. The second kappa shape index (κ2) is 5.02. The maximum Gasteiger partial charge on any atom is 0.210 e. The molecule has 0 aliphatic heterocycles. The molecule has 0 saturated carbocycles. The SMILES string of the molecule is Cc1csc(C(C)NCCS(N)(=O)=O)n1. The maximum absolute atomic E-state index is 10.7. The van der Waals surface area contributed by atoms with Crippen LogP contribution in [0, 0.1) is 6.92 Å². The molecule has 1 heterocycles. The first-order valence-electron chi connectivity index (χ1n) is 4.54. The molecule has 1 aromatic rings. The molecule has 0 aliphatic carbocycles. The van der Waals surface area contributed by atoms with Gasteiger partial charge in [-0.1, -0.05) is 0 Å². The Kier molecular flexibility index (Phi) is 4.21. The van der Waals surface area contributed by atoms with E-state index in [-0.39, 0.29) is 11.8 Å². The standard InChI is InChI=1S/C8H15N3O2S2/c1-6-5-14-8(11-6)7(2)10-3-4-15(9,12)13/h5,7,10H,3-4H2,1-2H3,(H2,9,12,13). The summed E-state index contributed by atoms with van der Waals surface area (Å²) in [5.41, 5.74) is 0.982. The highest BCUT2D eigenvalue weighted by Gasteiger charge is 2.09. The normalized spacial score (nSPS) is 14.1. The highest BCUT2D eigenvalue weighted by molar-refractivity contribution is 7.89. The van der Waals surface area contributed by atoms with E-state index in [4.69, 9.17) is 5.14 Å². The Hall–Kier alpha value is -0.500. The summed E-state index contributed by atoms with van der Waals surface area (Å²) >= 11 is 1.56. The van der Waals surface area contributed by atoms with Gasteiger partial charge in [-0.05, 0) is 13.8 Å². The van der Waals surface area contributed by atoms with Crippen LogP contribution in [0.4, 0.5) is 0 Å². The van der Waals surface area contributed by atoms with Crippen molar-refractivity contribution in [3.05, 3.63) is 16.1 Å². The van der Waals surface area contributed by atoms with Gasteiger partial charge in [-0.3, -0.25) is 0 Å². The van der Waals surface area contributed by atoms with Gasteiger partial charge >= 0.3 is 0 Å². The second-order valence-electron chi connectivity index (χ2n) is 3.37. The lowest BCUT2D eigenvalue weighted by molar-refractivity contribution is 0.571. The van der Waals surface area contributed by atoms with Gasteiger partial charge in [0.05, 0.1) is 11.8 Å². The van der Waals surface area contributed by atoms with E-state index >= 15 is 0 Å². The Bertz CT molecular complexity index is 413. The smallest absolute Gasteiger partial charge is 0.210 e. The summed E-state index contributed by atoms with van der Waals surface area (Å²) in [6.07, 6.45) is 0. The molecule has 0 aliphatic rings. The molecule has 0 bridgehead atoms. The average molecular weight is 249 g/mol. The number of hydrogen-bond donors (Lipinski definition) is 2. The van der Waals surface area contributed by atoms with E-state index in [0.29, 0.717) is 6.54 Å². The van der Waals surface area contributed by atoms with Crippen LogP contribution in [0.2, 0.25) is 0 Å². The number of sulfonamides is 1. The zero-order chi connectivity index (χ0) is 11.5. The molecule has 1 aromatic heterocycles. The summed E-state index contributed by atoms with van der Waals surface area (Å²) < 4.78 is 21.4. The molecule has 15 heavy (non-hydrogen) atoms. The van der Waals surface area contributed by atoms with Crippen LogP contribution in [0.5, 0.6) is 0 Å². The fraction of sp³-hybridized carbons (Fsp3) is 0.625. The maximum atomic E-state index is 10.7. The van der Waals surface area contributed by atoms with Crippen molar-refractivity contribution in [1.29, 1.82) is 0 Å². The third-order valence-corrected chi connectivity index (χ3v) is 3.76. The van der Waals surface area contributed by atoms with E-state index in [0.717, 1.165) is 10.7 Å². The highest BCUT2D eigenvalue weighted by Crippen LogP contribution is 2.16. The van der Waals surface area contributed by atoms with Crippen molar-refractivity contribution in [3.8, 4) is 0 Å². The Morgan fingerprint density at radius 1 is 1.67 bits per heavy atom. The molecular formula is C8H15N3O2S2. The van der Waals surface area contributed by atoms with Crippen molar-refractivity contribution in [2.24, 2.45) is 5.14 Å². The van der Waals surface area contributed by atoms with Crippen LogP contribution in [0.1, 0.15) is 23.7 Å². The predicted octanol–water partition coefficient (Wildman–Crippen LogP) is 0.391. The lowest BCUT2D eigenvalue weighted by Crippen LogP contribution is -2.28. The zero-order valence-corrected chi connectivity index (χ0v) is 10.4. The quantitative estimate of drug-likeness (QED) is 0.790. The van der Waals surface area contributed by atoms with Crippen LogP contribution >= 0.6 is 11.3 Å². The van der Waals surface area contributed by atoms with Crippen LogP contribution < -0.4 is 10.5 Å². The van der Waals surface area contributed by atoms with Crippen molar-refractivity contribution < 1.29 is 8.42 Å². The third-order valence-electron chi connectivity index (χ3n) is 1.84. The first-order valence-corrected chi connectivity index (χ1v) is 7.14.